The first-order chi connectivity index (χ1) is 2.56. The van der Waals surface area contributed by atoms with E-state index in [0.29, 0.717) is 6.54 Å². The van der Waals surface area contributed by atoms with Crippen molar-refractivity contribution in [2.45, 2.75) is 0 Å². The summed E-state index contributed by atoms with van der Waals surface area (Å²) < 4.78 is -0.292. The fraction of sp³-hybridized carbons (Fsp3) is 0.750. The van der Waals surface area contributed by atoms with Crippen molar-refractivity contribution in [1.82, 2.24) is 0 Å². The van der Waals surface area contributed by atoms with Crippen LogP contribution in [-0.4, -0.2) is 25.3 Å². The van der Waals surface area contributed by atoms with Gasteiger partial charge in [0.25, 0.3) is 0 Å². The highest BCUT2D eigenvalue weighted by molar-refractivity contribution is 4.30. The van der Waals surface area contributed by atoms with Crippen molar-refractivity contribution in [2.24, 2.45) is 0 Å². The van der Waals surface area contributed by atoms with Crippen molar-refractivity contribution < 1.29 is 4.65 Å². The summed E-state index contributed by atoms with van der Waals surface area (Å²) in [6.45, 7) is 3.82. The van der Waals surface area contributed by atoms with Gasteiger partial charge >= 0.3 is 0 Å². The maximum atomic E-state index is 10.3. The summed E-state index contributed by atoms with van der Waals surface area (Å²) in [5.74, 6) is 0. The summed E-state index contributed by atoms with van der Waals surface area (Å²) in [7, 11) is 3.12. The standard InChI is InChI=1S/C4H10NO/c1-4-5(2,3)6/h1,4H2,2-3H3. The van der Waals surface area contributed by atoms with Gasteiger partial charge in [0.2, 0.25) is 0 Å². The Morgan fingerprint density at radius 3 is 1.83 bits per heavy atom. The zero-order valence-electron chi connectivity index (χ0n) is 4.27. The van der Waals surface area contributed by atoms with E-state index in [-0.39, 0.29) is 4.65 Å². The molecule has 0 aliphatic carbocycles. The monoisotopic (exact) mass is 88.1 g/mol. The molecule has 6 heavy (non-hydrogen) atoms. The first-order valence-electron chi connectivity index (χ1n) is 1.89. The molecule has 1 radical (unpaired) electrons. The topological polar surface area (TPSA) is 23.1 Å². The van der Waals surface area contributed by atoms with Gasteiger partial charge < -0.3 is 9.85 Å². The molecular formula is C4H10NO. The third-order valence-electron chi connectivity index (χ3n) is 0.539. The van der Waals surface area contributed by atoms with Gasteiger partial charge in [-0.25, -0.2) is 0 Å². The van der Waals surface area contributed by atoms with Gasteiger partial charge in [-0.2, -0.15) is 0 Å². The van der Waals surface area contributed by atoms with Crippen LogP contribution in [0.4, 0.5) is 0 Å². The van der Waals surface area contributed by atoms with E-state index in [1.165, 1.54) is 0 Å². The Bertz CT molecular complexity index is 37.3. The Morgan fingerprint density at radius 2 is 1.83 bits per heavy atom. The second-order valence-electron chi connectivity index (χ2n) is 1.80. The summed E-state index contributed by atoms with van der Waals surface area (Å²) in [4.78, 5) is 0. The molecule has 0 aromatic heterocycles. The Kier molecular flexibility index (Phi) is 1.56. The largest absolute Gasteiger partial charge is 0.633 e. The lowest BCUT2D eigenvalue weighted by Gasteiger charge is -2.31. The predicted octanol–water partition coefficient (Wildman–Crippen LogP) is 0.395. The van der Waals surface area contributed by atoms with Crippen LogP contribution in [0.5, 0.6) is 0 Å². The maximum absolute atomic E-state index is 10.3. The minimum Gasteiger partial charge on any atom is -0.633 e. The molecule has 0 fully saturated rings. The lowest BCUT2D eigenvalue weighted by molar-refractivity contribution is -0.834. The van der Waals surface area contributed by atoms with E-state index >= 15 is 0 Å². The Morgan fingerprint density at radius 1 is 1.67 bits per heavy atom. The summed E-state index contributed by atoms with van der Waals surface area (Å²) >= 11 is 0. The zero-order valence-corrected chi connectivity index (χ0v) is 4.27. The van der Waals surface area contributed by atoms with E-state index in [2.05, 4.69) is 6.92 Å². The average molecular weight is 88.1 g/mol. The van der Waals surface area contributed by atoms with Crippen molar-refractivity contribution in [3.05, 3.63) is 12.1 Å². The highest BCUT2D eigenvalue weighted by Crippen LogP contribution is 1.86. The number of hydrogen-bond acceptors (Lipinski definition) is 1. The van der Waals surface area contributed by atoms with Gasteiger partial charge in [-0.05, 0) is 0 Å². The summed E-state index contributed by atoms with van der Waals surface area (Å²) in [6.07, 6.45) is 0. The smallest absolute Gasteiger partial charge is 0.0782 e. The minimum atomic E-state index is -0.292. The van der Waals surface area contributed by atoms with Gasteiger partial charge in [0.05, 0.1) is 20.6 Å². The van der Waals surface area contributed by atoms with E-state index in [4.69, 9.17) is 0 Å². The van der Waals surface area contributed by atoms with Crippen molar-refractivity contribution >= 4 is 0 Å². The molecule has 0 N–H and O–H groups in total. The molecule has 37 valence electrons. The van der Waals surface area contributed by atoms with Crippen LogP contribution in [0, 0.1) is 12.1 Å². The van der Waals surface area contributed by atoms with Crippen LogP contribution in [0.3, 0.4) is 0 Å². The molecule has 0 aliphatic rings. The first kappa shape index (κ1) is 5.92. The van der Waals surface area contributed by atoms with Crippen LogP contribution in [0.25, 0.3) is 0 Å². The zero-order chi connectivity index (χ0) is 5.21. The number of quaternary nitrogens is 1. The van der Waals surface area contributed by atoms with Crippen LogP contribution in [0.1, 0.15) is 0 Å². The lowest BCUT2D eigenvalue weighted by Crippen LogP contribution is -2.31. The molecule has 0 saturated heterocycles. The van der Waals surface area contributed by atoms with Crippen LogP contribution < -0.4 is 0 Å². The molecular weight excluding hydrogens is 78.0 g/mol. The lowest BCUT2D eigenvalue weighted by atomic mass is 10.7. The van der Waals surface area contributed by atoms with Crippen LogP contribution >= 0.6 is 0 Å². The van der Waals surface area contributed by atoms with Gasteiger partial charge in [-0.3, -0.25) is 0 Å². The quantitative estimate of drug-likeness (QED) is 0.336. The average Bonchev–Trinajstić information content (AvgIpc) is 1.35. The number of hydrogen-bond donors (Lipinski definition) is 0. The molecule has 0 saturated carbocycles. The first-order valence-corrected chi connectivity index (χ1v) is 1.89. The fourth-order valence-corrected chi connectivity index (χ4v) is 0. The minimum absolute atomic E-state index is 0.292. The summed E-state index contributed by atoms with van der Waals surface area (Å²) in [6, 6.07) is 0. The molecule has 0 heterocycles. The van der Waals surface area contributed by atoms with Gasteiger partial charge in [-0.15, -0.1) is 0 Å². The molecule has 2 heteroatoms. The second-order valence-corrected chi connectivity index (χ2v) is 1.80. The maximum Gasteiger partial charge on any atom is 0.0782 e. The molecule has 0 unspecified atom stereocenters. The van der Waals surface area contributed by atoms with E-state index in [9.17, 15) is 5.21 Å². The molecule has 0 spiro atoms. The molecule has 0 bridgehead atoms. The summed E-state index contributed by atoms with van der Waals surface area (Å²) in [5.41, 5.74) is 0. The number of rotatable bonds is 1. The van der Waals surface area contributed by atoms with E-state index in [0.717, 1.165) is 0 Å². The van der Waals surface area contributed by atoms with E-state index < -0.39 is 0 Å². The Hall–Kier alpha value is -0.0800. The molecule has 2 nitrogen and oxygen atoms in total. The van der Waals surface area contributed by atoms with Crippen molar-refractivity contribution in [2.75, 3.05) is 20.6 Å². The molecule has 0 aliphatic heterocycles. The van der Waals surface area contributed by atoms with Crippen molar-refractivity contribution in [1.29, 1.82) is 0 Å². The third-order valence-corrected chi connectivity index (χ3v) is 0.539. The SMILES string of the molecule is [CH2]C[N+](C)(C)[O-]. The van der Waals surface area contributed by atoms with Gasteiger partial charge in [0, 0.05) is 6.92 Å². The van der Waals surface area contributed by atoms with Gasteiger partial charge in [-0.1, -0.05) is 0 Å². The molecule has 0 rings (SSSR count). The van der Waals surface area contributed by atoms with Crippen molar-refractivity contribution in [3.63, 3.8) is 0 Å². The molecule has 0 aromatic carbocycles. The van der Waals surface area contributed by atoms with Crippen LogP contribution in [-0.2, 0) is 0 Å². The predicted molar refractivity (Wildman–Crippen MR) is 25.7 cm³/mol. The Labute approximate surface area is 38.6 Å². The van der Waals surface area contributed by atoms with E-state index in [1.54, 1.807) is 14.1 Å². The molecule has 0 aromatic rings. The fourth-order valence-electron chi connectivity index (χ4n) is 0. The summed E-state index contributed by atoms with van der Waals surface area (Å²) in [5, 5.41) is 10.3. The van der Waals surface area contributed by atoms with E-state index in [1.807, 2.05) is 0 Å². The number of nitrogens with zero attached hydrogens (tertiary/aromatic N) is 1. The third kappa shape index (κ3) is 3.92. The molecule has 0 atom stereocenters. The number of hydroxylamine groups is 3. The second kappa shape index (κ2) is 1.58. The van der Waals surface area contributed by atoms with Gasteiger partial charge in [0.15, 0.2) is 0 Å². The molecule has 0 amide bonds. The highest BCUT2D eigenvalue weighted by Gasteiger charge is 1.90. The highest BCUT2D eigenvalue weighted by atomic mass is 16.5. The van der Waals surface area contributed by atoms with Gasteiger partial charge in [0.1, 0.15) is 0 Å². The Balaban J connectivity index is 3.17. The normalized spacial score (nSPS) is 12.0. The van der Waals surface area contributed by atoms with Crippen LogP contribution in [0.15, 0.2) is 0 Å². The van der Waals surface area contributed by atoms with Crippen molar-refractivity contribution in [3.8, 4) is 0 Å². The van der Waals surface area contributed by atoms with Crippen LogP contribution in [0.2, 0.25) is 0 Å².